The molecule has 2 rings (SSSR count). The number of imidazole rings is 1. The summed E-state index contributed by atoms with van der Waals surface area (Å²) in [6.07, 6.45) is 6.08. The molecule has 5 nitrogen and oxygen atoms in total. The zero-order chi connectivity index (χ0) is 11.5. The van der Waals surface area contributed by atoms with Crippen LogP contribution in [-0.2, 0) is 6.54 Å². The van der Waals surface area contributed by atoms with Gasteiger partial charge in [-0.1, -0.05) is 0 Å². The van der Waals surface area contributed by atoms with Gasteiger partial charge < -0.3 is 4.57 Å². The summed E-state index contributed by atoms with van der Waals surface area (Å²) in [6, 6.07) is 2.30. The first-order valence-electron chi connectivity index (χ1n) is 5.21. The third kappa shape index (κ3) is 2.03. The van der Waals surface area contributed by atoms with Gasteiger partial charge in [-0.25, -0.2) is 4.98 Å². The molecule has 0 radical (unpaired) electrons. The summed E-state index contributed by atoms with van der Waals surface area (Å²) in [5.41, 5.74) is 0.926. The second-order valence-corrected chi connectivity index (χ2v) is 3.91. The van der Waals surface area contributed by atoms with Crippen molar-refractivity contribution in [2.45, 2.75) is 26.4 Å². The minimum absolute atomic E-state index is 0.349. The molecule has 0 spiro atoms. The molecule has 2 aromatic heterocycles. The van der Waals surface area contributed by atoms with E-state index in [1.165, 1.54) is 0 Å². The Hall–Kier alpha value is -1.91. The number of carbonyl (C=O) groups excluding carboxylic acids is 1. The van der Waals surface area contributed by atoms with E-state index >= 15 is 0 Å². The van der Waals surface area contributed by atoms with Crippen molar-refractivity contribution < 1.29 is 4.79 Å². The Kier molecular flexibility index (Phi) is 2.85. The molecule has 0 unspecified atom stereocenters. The highest BCUT2D eigenvalue weighted by molar-refractivity contribution is 5.69. The monoisotopic (exact) mass is 218 g/mol. The normalized spacial score (nSPS) is 10.9. The highest BCUT2D eigenvalue weighted by Gasteiger charge is 2.05. The topological polar surface area (TPSA) is 52.7 Å². The molecule has 0 atom stereocenters. The lowest BCUT2D eigenvalue weighted by atomic mass is 10.4. The van der Waals surface area contributed by atoms with Gasteiger partial charge in [-0.2, -0.15) is 5.10 Å². The molecule has 0 aromatic carbocycles. The number of hydrogen-bond donors (Lipinski definition) is 0. The maximum absolute atomic E-state index is 10.7. The first kappa shape index (κ1) is 10.6. The van der Waals surface area contributed by atoms with Crippen molar-refractivity contribution in [2.24, 2.45) is 0 Å². The van der Waals surface area contributed by atoms with E-state index in [0.717, 1.165) is 12.0 Å². The molecule has 0 saturated heterocycles. The zero-order valence-corrected chi connectivity index (χ0v) is 9.37. The van der Waals surface area contributed by atoms with Crippen LogP contribution in [-0.4, -0.2) is 25.6 Å². The van der Waals surface area contributed by atoms with Crippen molar-refractivity contribution >= 4 is 6.29 Å². The van der Waals surface area contributed by atoms with Gasteiger partial charge in [-0.3, -0.25) is 9.48 Å². The van der Waals surface area contributed by atoms with E-state index in [4.69, 9.17) is 0 Å². The number of hydrogen-bond acceptors (Lipinski definition) is 3. The van der Waals surface area contributed by atoms with Crippen molar-refractivity contribution in [3.05, 3.63) is 36.2 Å². The highest BCUT2D eigenvalue weighted by atomic mass is 16.1. The molecule has 0 aliphatic heterocycles. The lowest BCUT2D eigenvalue weighted by Crippen LogP contribution is -2.06. The number of nitrogens with zero attached hydrogens (tertiary/aromatic N) is 4. The molecule has 5 heteroatoms. The van der Waals surface area contributed by atoms with E-state index in [1.807, 2.05) is 16.9 Å². The van der Waals surface area contributed by atoms with Crippen molar-refractivity contribution in [2.75, 3.05) is 0 Å². The van der Waals surface area contributed by atoms with Gasteiger partial charge in [0.25, 0.3) is 0 Å². The van der Waals surface area contributed by atoms with E-state index in [1.54, 1.807) is 17.0 Å². The van der Waals surface area contributed by atoms with Gasteiger partial charge in [0.05, 0.1) is 12.2 Å². The van der Waals surface area contributed by atoms with Crippen molar-refractivity contribution in [1.82, 2.24) is 19.3 Å². The number of carbonyl (C=O) groups is 1. The van der Waals surface area contributed by atoms with E-state index < -0.39 is 0 Å². The zero-order valence-electron chi connectivity index (χ0n) is 9.37. The Morgan fingerprint density at radius 3 is 2.88 bits per heavy atom. The van der Waals surface area contributed by atoms with Crippen LogP contribution in [0.2, 0.25) is 0 Å². The fourth-order valence-corrected chi connectivity index (χ4v) is 1.50. The maximum Gasteiger partial charge on any atom is 0.185 e. The summed E-state index contributed by atoms with van der Waals surface area (Å²) in [6.45, 7) is 4.73. The molecule has 84 valence electrons. The van der Waals surface area contributed by atoms with Crippen LogP contribution in [0.5, 0.6) is 0 Å². The van der Waals surface area contributed by atoms with Gasteiger partial charge in [0.2, 0.25) is 0 Å². The van der Waals surface area contributed by atoms with Crippen LogP contribution in [0, 0.1) is 0 Å². The lowest BCUT2D eigenvalue weighted by Gasteiger charge is -2.04. The molecule has 0 bridgehead atoms. The largest absolute Gasteiger partial charge is 0.323 e. The average Bonchev–Trinajstić information content (AvgIpc) is 2.87. The van der Waals surface area contributed by atoms with E-state index in [-0.39, 0.29) is 0 Å². The number of aromatic nitrogens is 4. The second-order valence-electron chi connectivity index (χ2n) is 3.91. The fraction of sp³-hybridized carbons (Fsp3) is 0.364. The standard InChI is InChI=1S/C11H14N4O/c1-9(2)15-5-3-10(13-15)7-14-6-4-12-11(14)8-16/h3-6,8-9H,7H2,1-2H3. The van der Waals surface area contributed by atoms with Crippen molar-refractivity contribution in [3.8, 4) is 0 Å². The molecule has 0 aliphatic rings. The molecule has 0 aliphatic carbocycles. The Balaban J connectivity index is 2.17. The van der Waals surface area contributed by atoms with Crippen LogP contribution in [0.3, 0.4) is 0 Å². The number of rotatable bonds is 4. The highest BCUT2D eigenvalue weighted by Crippen LogP contribution is 2.06. The van der Waals surface area contributed by atoms with Gasteiger partial charge >= 0.3 is 0 Å². The van der Waals surface area contributed by atoms with Gasteiger partial charge in [0.1, 0.15) is 0 Å². The molecular weight excluding hydrogens is 204 g/mol. The average molecular weight is 218 g/mol. The van der Waals surface area contributed by atoms with E-state index in [0.29, 0.717) is 18.4 Å². The summed E-state index contributed by atoms with van der Waals surface area (Å²) in [4.78, 5) is 14.6. The molecule has 2 heterocycles. The Morgan fingerprint density at radius 2 is 2.25 bits per heavy atom. The van der Waals surface area contributed by atoms with Crippen LogP contribution in [0.1, 0.15) is 36.2 Å². The minimum atomic E-state index is 0.349. The molecule has 16 heavy (non-hydrogen) atoms. The minimum Gasteiger partial charge on any atom is -0.323 e. The van der Waals surface area contributed by atoms with Crippen LogP contribution >= 0.6 is 0 Å². The molecule has 0 saturated carbocycles. The summed E-state index contributed by atoms with van der Waals surface area (Å²) < 4.78 is 3.67. The van der Waals surface area contributed by atoms with E-state index in [2.05, 4.69) is 23.9 Å². The molecule has 0 fully saturated rings. The summed E-state index contributed by atoms with van der Waals surface area (Å²) in [5, 5.41) is 4.41. The van der Waals surface area contributed by atoms with Crippen LogP contribution in [0.15, 0.2) is 24.7 Å². The van der Waals surface area contributed by atoms with Gasteiger partial charge in [0.15, 0.2) is 12.1 Å². The van der Waals surface area contributed by atoms with E-state index in [9.17, 15) is 4.79 Å². The third-order valence-corrected chi connectivity index (χ3v) is 2.38. The van der Waals surface area contributed by atoms with Crippen LogP contribution < -0.4 is 0 Å². The lowest BCUT2D eigenvalue weighted by molar-refractivity contribution is 0.111. The van der Waals surface area contributed by atoms with Crippen molar-refractivity contribution in [1.29, 1.82) is 0 Å². The van der Waals surface area contributed by atoms with Crippen LogP contribution in [0.4, 0.5) is 0 Å². The van der Waals surface area contributed by atoms with Crippen molar-refractivity contribution in [3.63, 3.8) is 0 Å². The first-order chi connectivity index (χ1) is 7.70. The maximum atomic E-state index is 10.7. The molecule has 0 N–H and O–H groups in total. The predicted molar refractivity (Wildman–Crippen MR) is 59.3 cm³/mol. The predicted octanol–water partition coefficient (Wildman–Crippen LogP) is 1.52. The molecule has 2 aromatic rings. The molecule has 0 amide bonds. The van der Waals surface area contributed by atoms with Gasteiger partial charge in [0, 0.05) is 24.6 Å². The summed E-state index contributed by atoms with van der Waals surface area (Å²) >= 11 is 0. The molecular formula is C11H14N4O. The summed E-state index contributed by atoms with van der Waals surface area (Å²) in [7, 11) is 0. The number of aldehydes is 1. The Labute approximate surface area is 93.7 Å². The van der Waals surface area contributed by atoms with Gasteiger partial charge in [-0.15, -0.1) is 0 Å². The second kappa shape index (κ2) is 4.30. The Bertz CT molecular complexity index is 484. The smallest absolute Gasteiger partial charge is 0.185 e. The Morgan fingerprint density at radius 1 is 1.44 bits per heavy atom. The third-order valence-electron chi connectivity index (χ3n) is 2.38. The van der Waals surface area contributed by atoms with Crippen LogP contribution in [0.25, 0.3) is 0 Å². The van der Waals surface area contributed by atoms with Gasteiger partial charge in [-0.05, 0) is 19.9 Å². The fourth-order valence-electron chi connectivity index (χ4n) is 1.50. The summed E-state index contributed by atoms with van der Waals surface area (Å²) in [5.74, 6) is 0.430. The SMILES string of the molecule is CC(C)n1ccc(Cn2ccnc2C=O)n1. The quantitative estimate of drug-likeness (QED) is 0.731. The first-order valence-corrected chi connectivity index (χ1v) is 5.21.